The fraction of sp³-hybridized carbons (Fsp3) is 0.0588. The third-order valence-corrected chi connectivity index (χ3v) is 4.89. The molecule has 0 saturated carbocycles. The second kappa shape index (κ2) is 6.89. The number of para-hydroxylation sites is 2. The summed E-state index contributed by atoms with van der Waals surface area (Å²) in [6, 6.07) is 11.6. The van der Waals surface area contributed by atoms with Crippen molar-refractivity contribution in [1.29, 1.82) is 0 Å². The first kappa shape index (κ1) is 16.7. The molecule has 0 bridgehead atoms. The smallest absolute Gasteiger partial charge is 0.234 e. The van der Waals surface area contributed by atoms with Crippen LogP contribution in [0.1, 0.15) is 0 Å². The van der Waals surface area contributed by atoms with E-state index in [1.165, 1.54) is 30.0 Å². The number of hydrogen-bond donors (Lipinski definition) is 1. The lowest BCUT2D eigenvalue weighted by molar-refractivity contribution is -0.113. The number of anilines is 1. The van der Waals surface area contributed by atoms with Gasteiger partial charge in [0.25, 0.3) is 0 Å². The van der Waals surface area contributed by atoms with E-state index >= 15 is 0 Å². The molecule has 0 spiro atoms. The van der Waals surface area contributed by atoms with Gasteiger partial charge in [-0.05, 0) is 30.3 Å². The molecule has 0 radical (unpaired) electrons. The van der Waals surface area contributed by atoms with Crippen molar-refractivity contribution < 1.29 is 9.18 Å². The summed E-state index contributed by atoms with van der Waals surface area (Å²) in [7, 11) is 0. The molecule has 0 aliphatic rings. The molecule has 1 amide bonds. The van der Waals surface area contributed by atoms with E-state index in [4.69, 9.17) is 11.6 Å². The third kappa shape index (κ3) is 3.21. The van der Waals surface area contributed by atoms with Gasteiger partial charge in [-0.3, -0.25) is 9.20 Å². The summed E-state index contributed by atoms with van der Waals surface area (Å²) in [5.74, 6) is -0.679. The standard InChI is InChI=1S/C17H11ClFN5OS/c18-11-7-10(5-6-12(11)19)21-15(25)8-26-17-16-23-20-9-24(16)14-4-2-1-3-13(14)22-17/h1-7,9H,8H2,(H,21,25). The van der Waals surface area contributed by atoms with E-state index < -0.39 is 5.82 Å². The maximum Gasteiger partial charge on any atom is 0.234 e. The highest BCUT2D eigenvalue weighted by Crippen LogP contribution is 2.25. The molecule has 9 heteroatoms. The molecule has 2 aromatic carbocycles. The third-order valence-electron chi connectivity index (χ3n) is 3.65. The highest BCUT2D eigenvalue weighted by atomic mass is 35.5. The number of thioether (sulfide) groups is 1. The quantitative estimate of drug-likeness (QED) is 0.539. The van der Waals surface area contributed by atoms with Gasteiger partial charge in [-0.15, -0.1) is 10.2 Å². The lowest BCUT2D eigenvalue weighted by atomic mass is 10.3. The van der Waals surface area contributed by atoms with Gasteiger partial charge < -0.3 is 5.32 Å². The van der Waals surface area contributed by atoms with Crippen LogP contribution in [0.4, 0.5) is 10.1 Å². The van der Waals surface area contributed by atoms with Crippen LogP contribution in [-0.4, -0.2) is 31.2 Å². The maximum atomic E-state index is 13.2. The van der Waals surface area contributed by atoms with Gasteiger partial charge in [0.1, 0.15) is 17.2 Å². The van der Waals surface area contributed by atoms with Gasteiger partial charge in [0.05, 0.1) is 21.8 Å². The predicted octanol–water partition coefficient (Wildman–Crippen LogP) is 3.80. The molecule has 26 heavy (non-hydrogen) atoms. The van der Waals surface area contributed by atoms with E-state index in [0.29, 0.717) is 16.4 Å². The Hall–Kier alpha value is -2.71. The monoisotopic (exact) mass is 387 g/mol. The Kier molecular flexibility index (Phi) is 4.44. The number of benzene rings is 2. The number of nitrogens with one attached hydrogen (secondary N) is 1. The fourth-order valence-electron chi connectivity index (χ4n) is 2.48. The highest BCUT2D eigenvalue weighted by molar-refractivity contribution is 8.00. The summed E-state index contributed by atoms with van der Waals surface area (Å²) >= 11 is 6.97. The molecule has 0 fully saturated rings. The van der Waals surface area contributed by atoms with Crippen LogP contribution in [0.25, 0.3) is 16.7 Å². The summed E-state index contributed by atoms with van der Waals surface area (Å²) in [6.45, 7) is 0. The number of carbonyl (C=O) groups excluding carboxylic acids is 1. The van der Waals surface area contributed by atoms with Crippen molar-refractivity contribution in [1.82, 2.24) is 19.6 Å². The first-order valence-corrected chi connectivity index (χ1v) is 8.94. The molecule has 0 atom stereocenters. The van der Waals surface area contributed by atoms with Crippen molar-refractivity contribution in [3.05, 3.63) is 59.6 Å². The molecule has 130 valence electrons. The minimum Gasteiger partial charge on any atom is -0.325 e. The van der Waals surface area contributed by atoms with Crippen LogP contribution in [0.2, 0.25) is 5.02 Å². The zero-order valence-corrected chi connectivity index (χ0v) is 14.8. The van der Waals surface area contributed by atoms with Crippen LogP contribution in [0.15, 0.2) is 53.8 Å². The van der Waals surface area contributed by atoms with E-state index in [1.54, 1.807) is 6.33 Å². The number of halogens is 2. The molecule has 1 N–H and O–H groups in total. The molecule has 0 saturated heterocycles. The number of rotatable bonds is 4. The van der Waals surface area contributed by atoms with Gasteiger partial charge in [-0.1, -0.05) is 35.5 Å². The predicted molar refractivity (Wildman–Crippen MR) is 99.1 cm³/mol. The number of hydrogen-bond acceptors (Lipinski definition) is 5. The Bertz CT molecular complexity index is 1130. The molecule has 2 aromatic heterocycles. The summed E-state index contributed by atoms with van der Waals surface area (Å²) in [6.07, 6.45) is 1.62. The molecule has 4 aromatic rings. The van der Waals surface area contributed by atoms with E-state index in [-0.39, 0.29) is 16.7 Å². The fourth-order valence-corrected chi connectivity index (χ4v) is 3.43. The SMILES string of the molecule is O=C(CSc1nc2ccccc2n2cnnc12)Nc1ccc(F)c(Cl)c1. The number of aromatic nitrogens is 4. The normalized spacial score (nSPS) is 11.2. The van der Waals surface area contributed by atoms with E-state index in [1.807, 2.05) is 28.7 Å². The first-order valence-electron chi connectivity index (χ1n) is 7.58. The molecule has 0 unspecified atom stereocenters. The second-order valence-electron chi connectivity index (χ2n) is 5.40. The van der Waals surface area contributed by atoms with E-state index in [2.05, 4.69) is 20.5 Å². The van der Waals surface area contributed by atoms with Crippen molar-refractivity contribution in [2.75, 3.05) is 11.1 Å². The van der Waals surface area contributed by atoms with Crippen molar-refractivity contribution in [2.24, 2.45) is 0 Å². The summed E-state index contributed by atoms with van der Waals surface area (Å²) in [5.41, 5.74) is 2.70. The Morgan fingerprint density at radius 1 is 1.27 bits per heavy atom. The lowest BCUT2D eigenvalue weighted by Crippen LogP contribution is -2.14. The van der Waals surface area contributed by atoms with Crippen LogP contribution >= 0.6 is 23.4 Å². The number of fused-ring (bicyclic) bond motifs is 3. The van der Waals surface area contributed by atoms with Crippen LogP contribution in [0, 0.1) is 5.82 Å². The maximum absolute atomic E-state index is 13.2. The van der Waals surface area contributed by atoms with Gasteiger partial charge >= 0.3 is 0 Å². The summed E-state index contributed by atoms with van der Waals surface area (Å²) in [4.78, 5) is 16.7. The van der Waals surface area contributed by atoms with Crippen LogP contribution in [-0.2, 0) is 4.79 Å². The van der Waals surface area contributed by atoms with Crippen molar-refractivity contribution in [3.63, 3.8) is 0 Å². The zero-order chi connectivity index (χ0) is 18.1. The average Bonchev–Trinajstić information content (AvgIpc) is 3.13. The number of amides is 1. The first-order chi connectivity index (χ1) is 12.6. The molecule has 0 aliphatic heterocycles. The molecular weight excluding hydrogens is 377 g/mol. The van der Waals surface area contributed by atoms with Gasteiger partial charge in [0.2, 0.25) is 5.91 Å². The Morgan fingerprint density at radius 3 is 2.96 bits per heavy atom. The van der Waals surface area contributed by atoms with Crippen molar-refractivity contribution in [2.45, 2.75) is 5.03 Å². The Balaban J connectivity index is 1.54. The van der Waals surface area contributed by atoms with Crippen LogP contribution in [0.3, 0.4) is 0 Å². The van der Waals surface area contributed by atoms with Gasteiger partial charge in [-0.2, -0.15) is 0 Å². The van der Waals surface area contributed by atoms with Crippen LogP contribution < -0.4 is 5.32 Å². The Labute approximate surface area is 156 Å². The molecule has 6 nitrogen and oxygen atoms in total. The number of nitrogens with zero attached hydrogens (tertiary/aromatic N) is 4. The van der Waals surface area contributed by atoms with Crippen molar-refractivity contribution in [3.8, 4) is 0 Å². The summed E-state index contributed by atoms with van der Waals surface area (Å²) < 4.78 is 15.0. The molecular formula is C17H11ClFN5OS. The summed E-state index contributed by atoms with van der Waals surface area (Å²) in [5, 5.41) is 11.3. The molecule has 0 aliphatic carbocycles. The highest BCUT2D eigenvalue weighted by Gasteiger charge is 2.13. The van der Waals surface area contributed by atoms with Crippen molar-refractivity contribution >= 4 is 51.6 Å². The number of carbonyl (C=O) groups is 1. The second-order valence-corrected chi connectivity index (χ2v) is 6.77. The average molecular weight is 388 g/mol. The van der Waals surface area contributed by atoms with Gasteiger partial charge in [0, 0.05) is 5.69 Å². The van der Waals surface area contributed by atoms with Gasteiger partial charge in [-0.25, -0.2) is 9.37 Å². The molecule has 4 rings (SSSR count). The lowest BCUT2D eigenvalue weighted by Gasteiger charge is -2.07. The van der Waals surface area contributed by atoms with E-state index in [0.717, 1.165) is 11.0 Å². The zero-order valence-electron chi connectivity index (χ0n) is 13.2. The Morgan fingerprint density at radius 2 is 2.12 bits per heavy atom. The minimum absolute atomic E-state index is 0.0446. The minimum atomic E-state index is -0.534. The van der Waals surface area contributed by atoms with Gasteiger partial charge in [0.15, 0.2) is 5.65 Å². The molecule has 2 heterocycles. The largest absolute Gasteiger partial charge is 0.325 e. The van der Waals surface area contributed by atoms with E-state index in [9.17, 15) is 9.18 Å². The topological polar surface area (TPSA) is 72.2 Å². The van der Waals surface area contributed by atoms with Crippen LogP contribution in [0.5, 0.6) is 0 Å².